The van der Waals surface area contributed by atoms with E-state index >= 15 is 0 Å². The van der Waals surface area contributed by atoms with Crippen molar-refractivity contribution >= 4 is 27.5 Å². The number of para-hydroxylation sites is 2. The maximum atomic E-state index is 8.63. The summed E-state index contributed by atoms with van der Waals surface area (Å²) in [5.41, 5.74) is 4.59. The average Bonchev–Trinajstić information content (AvgIpc) is 2.31. The van der Waals surface area contributed by atoms with Crippen LogP contribution in [-0.2, 0) is 10.4 Å². The normalized spacial score (nSPS) is 14.0. The first-order valence-electron chi connectivity index (χ1n) is 5.09. The van der Waals surface area contributed by atoms with Gasteiger partial charge in [0.2, 0.25) is 16.1 Å². The number of nitrogens with one attached hydrogen (secondary N) is 2. The summed E-state index contributed by atoms with van der Waals surface area (Å²) >= 11 is 0. The minimum absolute atomic E-state index is 1.13. The molecule has 0 amide bonds. The van der Waals surface area contributed by atoms with Gasteiger partial charge in [0.25, 0.3) is 0 Å². The zero-order valence-corrected chi connectivity index (χ0v) is 10.8. The Morgan fingerprint density at radius 2 is 1.83 bits per heavy atom. The molecule has 0 radical (unpaired) electrons. The number of hydrogen-bond acceptors (Lipinski definition) is 4. The molecule has 0 spiro atoms. The number of anilines is 1. The lowest BCUT2D eigenvalue weighted by Crippen LogP contribution is -2.64. The van der Waals surface area contributed by atoms with E-state index in [9.17, 15) is 0 Å². The van der Waals surface area contributed by atoms with Gasteiger partial charge in [-0.2, -0.15) is 0 Å². The Kier molecular flexibility index (Phi) is 4.60. The molecule has 0 bridgehead atoms. The van der Waals surface area contributed by atoms with E-state index in [1.54, 1.807) is 0 Å². The monoisotopic (exact) mass is 270 g/mol. The lowest BCUT2D eigenvalue weighted by Gasteiger charge is -2.02. The molecule has 0 unspecified atom stereocenters. The summed E-state index contributed by atoms with van der Waals surface area (Å²) < 4.78 is 32.8. The summed E-state index contributed by atoms with van der Waals surface area (Å²) in [6, 6.07) is 8.19. The summed E-state index contributed by atoms with van der Waals surface area (Å²) in [5, 5.41) is 3.33. The van der Waals surface area contributed by atoms with Crippen molar-refractivity contribution in [2.75, 3.05) is 5.32 Å². The van der Waals surface area contributed by atoms with Gasteiger partial charge in [0.05, 0.1) is 0 Å². The smallest absolute Gasteiger partial charge is 0.227 e. The maximum Gasteiger partial charge on any atom is 0.227 e. The Labute approximate surface area is 106 Å². The van der Waals surface area contributed by atoms with Gasteiger partial charge in [-0.1, -0.05) is 12.1 Å². The van der Waals surface area contributed by atoms with Gasteiger partial charge in [-0.25, -0.2) is 13.4 Å². The van der Waals surface area contributed by atoms with E-state index in [0.717, 1.165) is 22.8 Å². The minimum Gasteiger partial charge on any atom is -0.726 e. The van der Waals surface area contributed by atoms with Crippen molar-refractivity contribution in [1.82, 2.24) is 0 Å². The van der Waals surface area contributed by atoms with Gasteiger partial charge in [-0.3, -0.25) is 4.55 Å². The molecule has 0 saturated heterocycles. The summed E-state index contributed by atoms with van der Waals surface area (Å²) in [4.78, 5) is 3.33. The van der Waals surface area contributed by atoms with Crippen LogP contribution in [0.4, 0.5) is 11.4 Å². The number of fused-ring (bicyclic) bond motifs is 1. The molecular weight excluding hydrogens is 256 g/mol. The van der Waals surface area contributed by atoms with E-state index in [2.05, 4.69) is 42.4 Å². The van der Waals surface area contributed by atoms with Crippen LogP contribution in [0, 0.1) is 0 Å². The number of hydrogen-bond donors (Lipinski definition) is 3. The molecule has 2 rings (SSSR count). The van der Waals surface area contributed by atoms with Gasteiger partial charge in [0.1, 0.15) is 5.69 Å². The van der Waals surface area contributed by atoms with E-state index in [0.29, 0.717) is 0 Å². The second-order valence-electron chi connectivity index (χ2n) is 3.73. The van der Waals surface area contributed by atoms with Crippen molar-refractivity contribution in [3.8, 4) is 0 Å². The van der Waals surface area contributed by atoms with Crippen molar-refractivity contribution in [2.45, 2.75) is 13.8 Å². The molecule has 7 heteroatoms. The first-order chi connectivity index (χ1) is 8.25. The molecule has 1 heterocycles. The molecule has 0 aromatic heterocycles. The van der Waals surface area contributed by atoms with Gasteiger partial charge < -0.3 is 9.87 Å². The Morgan fingerprint density at radius 3 is 2.44 bits per heavy atom. The second-order valence-corrected chi connectivity index (χ2v) is 4.59. The van der Waals surface area contributed by atoms with E-state index in [-0.39, 0.29) is 0 Å². The van der Waals surface area contributed by atoms with Crippen molar-refractivity contribution in [3.05, 3.63) is 36.0 Å². The van der Waals surface area contributed by atoms with Gasteiger partial charge in [-0.05, 0) is 13.0 Å². The van der Waals surface area contributed by atoms with Crippen molar-refractivity contribution in [2.24, 2.45) is 0 Å². The molecule has 1 aliphatic rings. The molecule has 0 aliphatic carbocycles. The Bertz CT molecular complexity index is 583. The van der Waals surface area contributed by atoms with Gasteiger partial charge in [0, 0.05) is 24.8 Å². The molecular formula is C11H14N2O4S. The highest BCUT2D eigenvalue weighted by atomic mass is 32.3. The van der Waals surface area contributed by atoms with E-state index < -0.39 is 10.4 Å². The molecule has 1 aromatic carbocycles. The van der Waals surface area contributed by atoms with Crippen LogP contribution in [0.1, 0.15) is 13.8 Å². The number of benzene rings is 1. The highest BCUT2D eigenvalue weighted by molar-refractivity contribution is 7.79. The van der Waals surface area contributed by atoms with Crippen molar-refractivity contribution < 1.29 is 22.5 Å². The lowest BCUT2D eigenvalue weighted by atomic mass is 10.2. The summed E-state index contributed by atoms with van der Waals surface area (Å²) in [6.45, 7) is 4.13. The quantitative estimate of drug-likeness (QED) is 0.461. The maximum absolute atomic E-state index is 8.63. The Balaban J connectivity index is 0.000000280. The van der Waals surface area contributed by atoms with Crippen LogP contribution in [0.2, 0.25) is 0 Å². The SMILES string of the molecule is CC1=CC(C)=[NH+]c2ccccc2N1.O=S(=O)([O-])O. The predicted octanol–water partition coefficient (Wildman–Crippen LogP) is 0.194. The van der Waals surface area contributed by atoms with Crippen LogP contribution >= 0.6 is 0 Å². The van der Waals surface area contributed by atoms with Gasteiger partial charge in [-0.15, -0.1) is 0 Å². The third-order valence-electron chi connectivity index (χ3n) is 2.02. The van der Waals surface area contributed by atoms with E-state index in [1.807, 2.05) is 12.1 Å². The first-order valence-corrected chi connectivity index (χ1v) is 6.45. The van der Waals surface area contributed by atoms with Crippen molar-refractivity contribution in [3.63, 3.8) is 0 Å². The second kappa shape index (κ2) is 5.76. The standard InChI is InChI=1S/C11H12N2.H2O4S/c1-8-7-9(2)13-11-6-4-3-5-10(11)12-8;1-5(2,3)4/h3-7,12H,1-2H3;(H2,1,2,3,4). The fraction of sp³-hybridized carbons (Fsp3) is 0.182. The van der Waals surface area contributed by atoms with Crippen LogP contribution in [0.5, 0.6) is 0 Å². The molecule has 0 fully saturated rings. The number of rotatable bonds is 0. The average molecular weight is 270 g/mol. The molecule has 18 heavy (non-hydrogen) atoms. The van der Waals surface area contributed by atoms with Crippen LogP contribution in [0.3, 0.4) is 0 Å². The van der Waals surface area contributed by atoms with Crippen LogP contribution in [0.25, 0.3) is 0 Å². The van der Waals surface area contributed by atoms with Crippen LogP contribution in [-0.4, -0.2) is 23.2 Å². The first kappa shape index (κ1) is 14.4. The molecule has 1 aromatic rings. The Hall–Kier alpha value is -1.70. The Morgan fingerprint density at radius 1 is 1.28 bits per heavy atom. The summed E-state index contributed by atoms with van der Waals surface area (Å²) in [7, 11) is -4.92. The van der Waals surface area contributed by atoms with Crippen LogP contribution in [0.15, 0.2) is 36.0 Å². The van der Waals surface area contributed by atoms with E-state index in [4.69, 9.17) is 17.5 Å². The summed E-state index contributed by atoms with van der Waals surface area (Å²) in [6.07, 6.45) is 2.10. The number of allylic oxidation sites excluding steroid dienone is 2. The van der Waals surface area contributed by atoms with Crippen LogP contribution < -0.4 is 10.3 Å². The summed E-state index contributed by atoms with van der Waals surface area (Å²) in [5.74, 6) is 0. The minimum atomic E-state index is -4.92. The zero-order valence-electron chi connectivity index (χ0n) is 9.97. The molecule has 0 saturated carbocycles. The van der Waals surface area contributed by atoms with Gasteiger partial charge in [0.15, 0.2) is 5.71 Å². The van der Waals surface area contributed by atoms with Crippen molar-refractivity contribution in [1.29, 1.82) is 0 Å². The third kappa shape index (κ3) is 5.58. The molecule has 1 aliphatic heterocycles. The van der Waals surface area contributed by atoms with E-state index in [1.165, 1.54) is 0 Å². The lowest BCUT2D eigenvalue weighted by molar-refractivity contribution is -0.351. The fourth-order valence-electron chi connectivity index (χ4n) is 1.52. The van der Waals surface area contributed by atoms with Gasteiger partial charge >= 0.3 is 0 Å². The molecule has 98 valence electrons. The molecule has 3 N–H and O–H groups in total. The third-order valence-corrected chi connectivity index (χ3v) is 2.02. The predicted molar refractivity (Wildman–Crippen MR) is 67.5 cm³/mol. The zero-order chi connectivity index (χ0) is 13.8. The highest BCUT2D eigenvalue weighted by Gasteiger charge is 2.10. The topological polar surface area (TPSA) is 103 Å². The fourth-order valence-corrected chi connectivity index (χ4v) is 1.52. The largest absolute Gasteiger partial charge is 0.726 e. The molecule has 0 atom stereocenters. The highest BCUT2D eigenvalue weighted by Crippen LogP contribution is 2.18. The molecule has 6 nitrogen and oxygen atoms in total.